The van der Waals surface area contributed by atoms with E-state index in [-0.39, 0.29) is 23.7 Å². The van der Waals surface area contributed by atoms with E-state index in [1.165, 1.54) is 0 Å². The van der Waals surface area contributed by atoms with Crippen molar-refractivity contribution in [3.63, 3.8) is 0 Å². The van der Waals surface area contributed by atoms with Gasteiger partial charge in [0.25, 0.3) is 0 Å². The molecule has 2 aromatic carbocycles. The number of morpholine rings is 1. The second-order valence-electron chi connectivity index (χ2n) is 9.81. The van der Waals surface area contributed by atoms with Gasteiger partial charge < -0.3 is 9.64 Å². The predicted molar refractivity (Wildman–Crippen MR) is 125 cm³/mol. The lowest BCUT2D eigenvalue weighted by atomic mass is 9.89. The first-order chi connectivity index (χ1) is 16.5. The third-order valence-electron chi connectivity index (χ3n) is 7.51. The highest BCUT2D eigenvalue weighted by molar-refractivity contribution is 5.84. The van der Waals surface area contributed by atoms with E-state index < -0.39 is 11.6 Å². The number of amides is 1. The number of carbonyl (C=O) groups excluding carboxylic acids is 1. The Kier molecular flexibility index (Phi) is 5.34. The molecule has 5 nitrogen and oxygen atoms in total. The number of benzene rings is 2. The molecule has 0 N–H and O–H groups in total. The van der Waals surface area contributed by atoms with Crippen LogP contribution in [0.2, 0.25) is 0 Å². The molecule has 0 radical (unpaired) electrons. The number of carbonyl (C=O) groups is 1. The second-order valence-corrected chi connectivity index (χ2v) is 9.81. The maximum atomic E-state index is 15.1. The number of hydrogen-bond donors (Lipinski definition) is 0. The van der Waals surface area contributed by atoms with Gasteiger partial charge in [0.05, 0.1) is 17.7 Å². The van der Waals surface area contributed by atoms with Crippen LogP contribution in [-0.4, -0.2) is 58.6 Å². The summed E-state index contributed by atoms with van der Waals surface area (Å²) in [6.07, 6.45) is 5.44. The van der Waals surface area contributed by atoms with Gasteiger partial charge in [-0.25, -0.2) is 8.78 Å². The Morgan fingerprint density at radius 3 is 2.68 bits per heavy atom. The molecule has 0 unspecified atom stereocenters. The summed E-state index contributed by atoms with van der Waals surface area (Å²) in [6, 6.07) is 13.0. The number of rotatable bonds is 4. The second kappa shape index (κ2) is 8.40. The number of halogens is 2. The van der Waals surface area contributed by atoms with Gasteiger partial charge in [0.1, 0.15) is 6.61 Å². The SMILES string of the molecule is O=C1COC2(CCN(Cc3ccc(-c4ccc5cccnc5c4)c(F)c3F)CC2)CN1C1CC1. The van der Waals surface area contributed by atoms with E-state index in [1.807, 2.05) is 23.1 Å². The lowest BCUT2D eigenvalue weighted by molar-refractivity contribution is -0.172. The molecule has 2 saturated heterocycles. The fourth-order valence-corrected chi connectivity index (χ4v) is 5.29. The zero-order chi connectivity index (χ0) is 23.3. The van der Waals surface area contributed by atoms with Gasteiger partial charge in [-0.3, -0.25) is 14.7 Å². The minimum absolute atomic E-state index is 0.0929. The maximum Gasteiger partial charge on any atom is 0.248 e. The van der Waals surface area contributed by atoms with Crippen LogP contribution in [0.3, 0.4) is 0 Å². The average molecular weight is 464 g/mol. The lowest BCUT2D eigenvalue weighted by Gasteiger charge is -2.47. The monoisotopic (exact) mass is 463 g/mol. The summed E-state index contributed by atoms with van der Waals surface area (Å²) in [7, 11) is 0. The molecule has 0 atom stereocenters. The van der Waals surface area contributed by atoms with Crippen LogP contribution in [0.25, 0.3) is 22.0 Å². The fraction of sp³-hybridized carbons (Fsp3) is 0.407. The van der Waals surface area contributed by atoms with Crippen molar-refractivity contribution in [3.05, 3.63) is 65.9 Å². The average Bonchev–Trinajstić information content (AvgIpc) is 3.70. The zero-order valence-electron chi connectivity index (χ0n) is 19.0. The maximum absolute atomic E-state index is 15.1. The largest absolute Gasteiger partial charge is 0.363 e. The summed E-state index contributed by atoms with van der Waals surface area (Å²) in [5.74, 6) is -1.52. The Labute approximate surface area is 197 Å². The van der Waals surface area contributed by atoms with Crippen molar-refractivity contribution in [2.24, 2.45) is 0 Å². The first-order valence-electron chi connectivity index (χ1n) is 12.0. The third-order valence-corrected chi connectivity index (χ3v) is 7.51. The Morgan fingerprint density at radius 1 is 1.06 bits per heavy atom. The normalized spacial score (nSPS) is 20.9. The van der Waals surface area contributed by atoms with E-state index in [4.69, 9.17) is 4.74 Å². The summed E-state index contributed by atoms with van der Waals surface area (Å²) in [5.41, 5.74) is 1.66. The number of nitrogens with zero attached hydrogens (tertiary/aromatic N) is 3. The van der Waals surface area contributed by atoms with Gasteiger partial charge in [-0.05, 0) is 43.4 Å². The van der Waals surface area contributed by atoms with Crippen molar-refractivity contribution in [1.82, 2.24) is 14.8 Å². The van der Waals surface area contributed by atoms with E-state index in [9.17, 15) is 4.79 Å². The van der Waals surface area contributed by atoms with Crippen LogP contribution >= 0.6 is 0 Å². The molecule has 0 bridgehead atoms. The predicted octanol–water partition coefficient (Wildman–Crippen LogP) is 4.54. The third kappa shape index (κ3) is 3.97. The fourth-order valence-electron chi connectivity index (χ4n) is 5.29. The quantitative estimate of drug-likeness (QED) is 0.570. The van der Waals surface area contributed by atoms with E-state index >= 15 is 8.78 Å². The Hall–Kier alpha value is -2.90. The molecule has 176 valence electrons. The van der Waals surface area contributed by atoms with E-state index in [2.05, 4.69) is 9.88 Å². The number of aromatic nitrogens is 1. The van der Waals surface area contributed by atoms with Crippen LogP contribution in [0, 0.1) is 11.6 Å². The van der Waals surface area contributed by atoms with Gasteiger partial charge in [-0.1, -0.05) is 30.3 Å². The molecule has 1 amide bonds. The minimum Gasteiger partial charge on any atom is -0.363 e. The lowest BCUT2D eigenvalue weighted by Crippen LogP contribution is -2.59. The van der Waals surface area contributed by atoms with Crippen LogP contribution < -0.4 is 0 Å². The number of likely N-dealkylation sites (tertiary alicyclic amines) is 1. The van der Waals surface area contributed by atoms with E-state index in [1.54, 1.807) is 30.5 Å². The number of hydrogen-bond acceptors (Lipinski definition) is 4. The van der Waals surface area contributed by atoms with Crippen molar-refractivity contribution in [2.45, 2.75) is 43.9 Å². The molecule has 34 heavy (non-hydrogen) atoms. The Morgan fingerprint density at radius 2 is 1.88 bits per heavy atom. The topological polar surface area (TPSA) is 45.7 Å². The van der Waals surface area contributed by atoms with Gasteiger partial charge in [0, 0.05) is 48.4 Å². The highest BCUT2D eigenvalue weighted by Crippen LogP contribution is 2.37. The summed E-state index contributed by atoms with van der Waals surface area (Å²) in [6.45, 7) is 2.62. The Bertz CT molecular complexity index is 1250. The molecular weight excluding hydrogens is 436 g/mol. The van der Waals surface area contributed by atoms with Gasteiger partial charge in [0.15, 0.2) is 11.6 Å². The standard InChI is InChI=1S/C27H27F2N3O2/c28-25-20(5-8-22(26(25)29)19-4-3-18-2-1-11-30-23(18)14-19)15-31-12-9-27(10-13-31)17-32(21-6-7-21)24(33)16-34-27/h1-5,8,11,14,21H,6-7,9-10,12-13,15-17H2. The van der Waals surface area contributed by atoms with Gasteiger partial charge in [-0.2, -0.15) is 0 Å². The molecule has 1 aliphatic carbocycles. The van der Waals surface area contributed by atoms with E-state index in [0.717, 1.165) is 49.7 Å². The number of piperidine rings is 1. The number of fused-ring (bicyclic) bond motifs is 1. The highest BCUT2D eigenvalue weighted by Gasteiger charge is 2.46. The first-order valence-corrected chi connectivity index (χ1v) is 12.0. The van der Waals surface area contributed by atoms with Crippen molar-refractivity contribution in [1.29, 1.82) is 0 Å². The van der Waals surface area contributed by atoms with Crippen molar-refractivity contribution >= 4 is 16.8 Å². The van der Waals surface area contributed by atoms with Crippen molar-refractivity contribution in [2.75, 3.05) is 26.2 Å². The van der Waals surface area contributed by atoms with Crippen LogP contribution in [0.1, 0.15) is 31.2 Å². The summed E-state index contributed by atoms with van der Waals surface area (Å²) >= 11 is 0. The van der Waals surface area contributed by atoms with Gasteiger partial charge in [0.2, 0.25) is 5.91 Å². The number of pyridine rings is 1. The minimum atomic E-state index is -0.824. The molecule has 3 aliphatic rings. The smallest absolute Gasteiger partial charge is 0.248 e. The van der Waals surface area contributed by atoms with Gasteiger partial charge in [-0.15, -0.1) is 0 Å². The van der Waals surface area contributed by atoms with Crippen molar-refractivity contribution in [3.8, 4) is 11.1 Å². The number of ether oxygens (including phenoxy) is 1. The molecular formula is C27H27F2N3O2. The molecule has 1 spiro atoms. The van der Waals surface area contributed by atoms with Crippen molar-refractivity contribution < 1.29 is 18.3 Å². The summed E-state index contributed by atoms with van der Waals surface area (Å²) < 4.78 is 36.2. The Balaban J connectivity index is 1.15. The first kappa shape index (κ1) is 21.6. The molecule has 1 aromatic heterocycles. The molecule has 2 aliphatic heterocycles. The van der Waals surface area contributed by atoms with Gasteiger partial charge >= 0.3 is 0 Å². The van der Waals surface area contributed by atoms with E-state index in [0.29, 0.717) is 30.3 Å². The van der Waals surface area contributed by atoms with Crippen LogP contribution in [0.4, 0.5) is 8.78 Å². The molecule has 3 heterocycles. The highest BCUT2D eigenvalue weighted by atomic mass is 19.2. The van der Waals surface area contributed by atoms with Crippen LogP contribution in [0.15, 0.2) is 48.7 Å². The molecule has 1 saturated carbocycles. The molecule has 7 heteroatoms. The zero-order valence-corrected chi connectivity index (χ0v) is 19.0. The summed E-state index contributed by atoms with van der Waals surface area (Å²) in [5, 5.41) is 0.957. The summed E-state index contributed by atoms with van der Waals surface area (Å²) in [4.78, 5) is 20.6. The van der Waals surface area contributed by atoms with Crippen LogP contribution in [-0.2, 0) is 16.1 Å². The molecule has 6 rings (SSSR count). The molecule has 3 aromatic rings. The molecule has 3 fully saturated rings. The van der Waals surface area contributed by atoms with Crippen LogP contribution in [0.5, 0.6) is 0 Å².